The van der Waals surface area contributed by atoms with Crippen molar-refractivity contribution < 1.29 is 36.1 Å². The zero-order valence-corrected chi connectivity index (χ0v) is 22.4. The molecule has 0 aliphatic carbocycles. The minimum Gasteiger partial charge on any atom is -0.497 e. The highest BCUT2D eigenvalue weighted by molar-refractivity contribution is 7.93. The lowest BCUT2D eigenvalue weighted by Crippen LogP contribution is -2.31. The first-order valence-electron chi connectivity index (χ1n) is 11.0. The van der Waals surface area contributed by atoms with Gasteiger partial charge in [0.2, 0.25) is 5.13 Å². The molecule has 0 N–H and O–H groups in total. The number of methoxy groups -OCH3 is 3. The molecule has 0 amide bonds. The monoisotopic (exact) mass is 563 g/mol. The summed E-state index contributed by atoms with van der Waals surface area (Å²) in [5.41, 5.74) is 1.20. The van der Waals surface area contributed by atoms with Crippen molar-refractivity contribution >= 4 is 26.7 Å². The second-order valence-corrected chi connectivity index (χ2v) is 10.5. The Morgan fingerprint density at radius 1 is 0.868 bits per heavy atom. The number of halogens is 2. The molecule has 38 heavy (non-hydrogen) atoms. The van der Waals surface area contributed by atoms with E-state index in [0.29, 0.717) is 34.9 Å². The largest absolute Gasteiger partial charge is 0.497 e. The summed E-state index contributed by atoms with van der Waals surface area (Å²) in [6, 6.07) is 10.9. The maximum absolute atomic E-state index is 15.3. The lowest BCUT2D eigenvalue weighted by Gasteiger charge is -2.23. The number of sulfonamides is 1. The van der Waals surface area contributed by atoms with Crippen LogP contribution in [0, 0.1) is 18.6 Å². The molecule has 0 saturated carbocycles. The molecule has 1 aromatic heterocycles. The van der Waals surface area contributed by atoms with Gasteiger partial charge in [-0.3, -0.25) is 0 Å². The van der Waals surface area contributed by atoms with Crippen molar-refractivity contribution in [2.75, 3.05) is 25.6 Å². The first-order chi connectivity index (χ1) is 18.2. The first-order valence-corrected chi connectivity index (χ1v) is 13.2. The number of aryl methyl sites for hydroxylation is 1. The highest BCUT2D eigenvalue weighted by Crippen LogP contribution is 2.35. The molecule has 4 aromatic rings. The lowest BCUT2D eigenvalue weighted by molar-refractivity contribution is 0.391. The van der Waals surface area contributed by atoms with Crippen molar-refractivity contribution in [3.05, 3.63) is 77.6 Å². The van der Waals surface area contributed by atoms with Crippen LogP contribution in [0.5, 0.6) is 28.7 Å². The molecule has 9 nitrogen and oxygen atoms in total. The van der Waals surface area contributed by atoms with Gasteiger partial charge in [-0.1, -0.05) is 0 Å². The van der Waals surface area contributed by atoms with Gasteiger partial charge in [0.25, 0.3) is 10.0 Å². The summed E-state index contributed by atoms with van der Waals surface area (Å²) in [6.45, 7) is 1.48. The van der Waals surface area contributed by atoms with Gasteiger partial charge in [-0.25, -0.2) is 26.5 Å². The number of nitrogens with zero attached hydrogens (tertiary/aromatic N) is 3. The summed E-state index contributed by atoms with van der Waals surface area (Å²) in [4.78, 5) is 3.08. The van der Waals surface area contributed by atoms with Crippen molar-refractivity contribution in [1.29, 1.82) is 0 Å². The molecule has 0 saturated heterocycles. The number of benzene rings is 3. The molecule has 13 heteroatoms. The molecule has 3 aromatic carbocycles. The molecule has 0 spiro atoms. The van der Waals surface area contributed by atoms with E-state index in [4.69, 9.17) is 18.9 Å². The van der Waals surface area contributed by atoms with E-state index in [9.17, 15) is 8.42 Å². The summed E-state index contributed by atoms with van der Waals surface area (Å²) in [6.07, 6.45) is 1.16. The summed E-state index contributed by atoms with van der Waals surface area (Å²) in [5.74, 6) is -1.31. The van der Waals surface area contributed by atoms with Gasteiger partial charge in [0.1, 0.15) is 40.0 Å². The van der Waals surface area contributed by atoms with E-state index in [1.54, 1.807) is 37.3 Å². The molecule has 0 unspecified atom stereocenters. The molecule has 200 valence electrons. The smallest absolute Gasteiger partial charge is 0.269 e. The zero-order valence-electron chi connectivity index (χ0n) is 20.8. The van der Waals surface area contributed by atoms with Crippen molar-refractivity contribution in [3.63, 3.8) is 0 Å². The Kier molecular flexibility index (Phi) is 7.97. The summed E-state index contributed by atoms with van der Waals surface area (Å²) in [7, 11) is -0.302. The molecule has 0 atom stereocenters. The highest BCUT2D eigenvalue weighted by atomic mass is 32.2. The lowest BCUT2D eigenvalue weighted by atomic mass is 10.2. The van der Waals surface area contributed by atoms with Crippen molar-refractivity contribution in [1.82, 2.24) is 9.36 Å². The van der Waals surface area contributed by atoms with Crippen LogP contribution in [0.1, 0.15) is 11.1 Å². The van der Waals surface area contributed by atoms with Gasteiger partial charge in [-0.05, 0) is 36.8 Å². The topological polar surface area (TPSA) is 100 Å². The van der Waals surface area contributed by atoms with Gasteiger partial charge in [0.15, 0.2) is 11.6 Å². The molecule has 0 bridgehead atoms. The fourth-order valence-electron chi connectivity index (χ4n) is 3.59. The van der Waals surface area contributed by atoms with Crippen LogP contribution in [0.3, 0.4) is 0 Å². The average molecular weight is 564 g/mol. The average Bonchev–Trinajstić information content (AvgIpc) is 3.43. The van der Waals surface area contributed by atoms with E-state index in [-0.39, 0.29) is 17.4 Å². The minimum absolute atomic E-state index is 0.0464. The van der Waals surface area contributed by atoms with Gasteiger partial charge < -0.3 is 18.9 Å². The Morgan fingerprint density at radius 3 is 2.26 bits per heavy atom. The van der Waals surface area contributed by atoms with Crippen LogP contribution in [0.4, 0.5) is 13.9 Å². The molecule has 4 rings (SSSR count). The highest BCUT2D eigenvalue weighted by Gasteiger charge is 2.32. The Bertz CT molecular complexity index is 1550. The molecular weight excluding hydrogens is 540 g/mol. The molecule has 0 radical (unpaired) electrons. The minimum atomic E-state index is -4.66. The van der Waals surface area contributed by atoms with Crippen LogP contribution in [0.15, 0.2) is 59.8 Å². The van der Waals surface area contributed by atoms with Gasteiger partial charge in [-0.2, -0.15) is 4.37 Å². The van der Waals surface area contributed by atoms with Gasteiger partial charge >= 0.3 is 0 Å². The Morgan fingerprint density at radius 2 is 1.61 bits per heavy atom. The van der Waals surface area contributed by atoms with E-state index in [1.165, 1.54) is 27.4 Å². The first kappa shape index (κ1) is 27.1. The van der Waals surface area contributed by atoms with E-state index in [2.05, 4.69) is 9.36 Å². The van der Waals surface area contributed by atoms with Crippen LogP contribution in [0.25, 0.3) is 0 Å². The van der Waals surface area contributed by atoms with Crippen LogP contribution in [-0.4, -0.2) is 39.1 Å². The standard InChI is InChI=1S/C25H23F2N3O6S2/c1-15-7-18(34-3)9-19(8-15)36-23-11-21(27)24(12-20(23)26)38(31,32)30(25-28-14-29-37-25)13-16-5-6-17(33-2)10-22(16)35-4/h5-12,14H,13H2,1-4H3. The number of aromatic nitrogens is 2. The normalized spacial score (nSPS) is 11.2. The number of hydrogen-bond acceptors (Lipinski definition) is 9. The van der Waals surface area contributed by atoms with Gasteiger partial charge in [-0.15, -0.1) is 0 Å². The third kappa shape index (κ3) is 5.63. The number of anilines is 1. The SMILES string of the molecule is COc1cc(C)cc(Oc2cc(F)c(S(=O)(=O)N(Cc3ccc(OC)cc3OC)c3ncns3)cc2F)c1. The number of rotatable bonds is 10. The maximum Gasteiger partial charge on any atom is 0.269 e. The Hall–Kier alpha value is -3.97. The molecular formula is C25H23F2N3O6S2. The summed E-state index contributed by atoms with van der Waals surface area (Å²) >= 11 is 0.780. The van der Waals surface area contributed by atoms with Crippen molar-refractivity contribution in [3.8, 4) is 28.7 Å². The van der Waals surface area contributed by atoms with Crippen LogP contribution in [-0.2, 0) is 16.6 Å². The predicted octanol–water partition coefficient (Wildman–Crippen LogP) is 5.34. The maximum atomic E-state index is 15.3. The predicted molar refractivity (Wildman–Crippen MR) is 137 cm³/mol. The number of hydrogen-bond donors (Lipinski definition) is 0. The van der Waals surface area contributed by atoms with Crippen LogP contribution < -0.4 is 23.3 Å². The summed E-state index contributed by atoms with van der Waals surface area (Å²) in [5, 5.41) is -0.0464. The van der Waals surface area contributed by atoms with Crippen LogP contribution in [0.2, 0.25) is 0 Å². The van der Waals surface area contributed by atoms with E-state index >= 15 is 8.78 Å². The Balaban J connectivity index is 1.73. The zero-order chi connectivity index (χ0) is 27.4. The third-order valence-electron chi connectivity index (χ3n) is 5.41. The molecule has 0 aliphatic heterocycles. The quantitative estimate of drug-likeness (QED) is 0.255. The fourth-order valence-corrected chi connectivity index (χ4v) is 5.78. The van der Waals surface area contributed by atoms with Gasteiger partial charge in [0, 0.05) is 41.4 Å². The fraction of sp³-hybridized carbons (Fsp3) is 0.200. The molecule has 0 fully saturated rings. The third-order valence-corrected chi connectivity index (χ3v) is 7.97. The van der Waals surface area contributed by atoms with Gasteiger partial charge in [0.05, 0.1) is 27.9 Å². The second kappa shape index (κ2) is 11.2. The molecule has 0 aliphatic rings. The van der Waals surface area contributed by atoms with E-state index in [0.717, 1.165) is 27.7 Å². The van der Waals surface area contributed by atoms with Crippen molar-refractivity contribution in [2.24, 2.45) is 0 Å². The second-order valence-electron chi connectivity index (χ2n) is 7.91. The molecule has 1 heterocycles. The Labute approximate surface area is 222 Å². The van der Waals surface area contributed by atoms with E-state index in [1.807, 2.05) is 0 Å². The van der Waals surface area contributed by atoms with Crippen molar-refractivity contribution in [2.45, 2.75) is 18.4 Å². The van der Waals surface area contributed by atoms with E-state index < -0.39 is 32.3 Å². The number of ether oxygens (including phenoxy) is 4. The van der Waals surface area contributed by atoms with Crippen LogP contribution >= 0.6 is 11.5 Å². The summed E-state index contributed by atoms with van der Waals surface area (Å²) < 4.78 is 83.6.